The summed E-state index contributed by atoms with van der Waals surface area (Å²) in [5.74, 6) is -0.388. The van der Waals surface area contributed by atoms with Gasteiger partial charge in [0.1, 0.15) is 12.3 Å². The molecule has 5 nitrogen and oxygen atoms in total. The molecule has 0 amide bonds. The van der Waals surface area contributed by atoms with Crippen molar-refractivity contribution in [2.24, 2.45) is 7.05 Å². The normalized spacial score (nSPS) is 10.1. The Hall–Kier alpha value is -1.49. The van der Waals surface area contributed by atoms with Gasteiger partial charge in [0.25, 0.3) is 0 Å². The fraction of sp³-hybridized carbons (Fsp3) is 0.444. The van der Waals surface area contributed by atoms with Gasteiger partial charge in [0.05, 0.1) is 12.3 Å². The third-order valence-electron chi connectivity index (χ3n) is 1.76. The highest BCUT2D eigenvalue weighted by Crippen LogP contribution is 2.09. The number of hydrogen-bond donors (Lipinski definition) is 1. The van der Waals surface area contributed by atoms with Gasteiger partial charge < -0.3 is 19.8 Å². The lowest BCUT2D eigenvalue weighted by molar-refractivity contribution is 0.0378. The predicted octanol–water partition coefficient (Wildman–Crippen LogP) is 0.410. The number of ether oxygens (including phenoxy) is 2. The maximum Gasteiger partial charge on any atom is 0.355 e. The van der Waals surface area contributed by atoms with Crippen LogP contribution in [-0.4, -0.2) is 30.9 Å². The topological polar surface area (TPSA) is 66.5 Å². The molecule has 78 valence electrons. The number of esters is 1. The molecule has 2 N–H and O–H groups in total. The Labute approximate surface area is 82.4 Å². The van der Waals surface area contributed by atoms with Gasteiger partial charge in [-0.15, -0.1) is 0 Å². The summed E-state index contributed by atoms with van der Waals surface area (Å²) in [6.45, 7) is 0.645. The summed E-state index contributed by atoms with van der Waals surface area (Å²) in [5, 5.41) is 0. The summed E-state index contributed by atoms with van der Waals surface area (Å²) in [6, 6.07) is 1.58. The molecule has 1 heterocycles. The first-order valence-electron chi connectivity index (χ1n) is 4.23. The molecule has 0 saturated heterocycles. The molecule has 0 radical (unpaired) electrons. The fourth-order valence-corrected chi connectivity index (χ4v) is 1.08. The van der Waals surface area contributed by atoms with Crippen molar-refractivity contribution in [3.8, 4) is 0 Å². The first kappa shape index (κ1) is 10.6. The summed E-state index contributed by atoms with van der Waals surface area (Å²) in [4.78, 5) is 11.4. The van der Waals surface area contributed by atoms with Crippen molar-refractivity contribution in [2.75, 3.05) is 26.1 Å². The van der Waals surface area contributed by atoms with Gasteiger partial charge in [-0.3, -0.25) is 0 Å². The minimum atomic E-state index is -0.388. The van der Waals surface area contributed by atoms with Gasteiger partial charge in [0.2, 0.25) is 0 Å². The van der Waals surface area contributed by atoms with E-state index in [0.29, 0.717) is 18.0 Å². The first-order chi connectivity index (χ1) is 6.65. The summed E-state index contributed by atoms with van der Waals surface area (Å²) < 4.78 is 11.3. The molecule has 0 saturated carbocycles. The smallest absolute Gasteiger partial charge is 0.355 e. The van der Waals surface area contributed by atoms with Crippen LogP contribution < -0.4 is 5.73 Å². The Morgan fingerprint density at radius 2 is 2.29 bits per heavy atom. The average Bonchev–Trinajstić information content (AvgIpc) is 2.45. The average molecular weight is 198 g/mol. The zero-order valence-electron chi connectivity index (χ0n) is 8.32. The van der Waals surface area contributed by atoms with Gasteiger partial charge in [-0.1, -0.05) is 0 Å². The van der Waals surface area contributed by atoms with E-state index in [1.807, 2.05) is 0 Å². The van der Waals surface area contributed by atoms with Crippen LogP contribution in [-0.2, 0) is 16.5 Å². The highest BCUT2D eigenvalue weighted by Gasteiger charge is 2.11. The lowest BCUT2D eigenvalue weighted by atomic mass is 10.4. The summed E-state index contributed by atoms with van der Waals surface area (Å²) in [5.41, 5.74) is 6.51. The molecule has 0 aliphatic heterocycles. The number of carbonyl (C=O) groups excluding carboxylic acids is 1. The maximum atomic E-state index is 11.4. The highest BCUT2D eigenvalue weighted by molar-refractivity contribution is 5.89. The van der Waals surface area contributed by atoms with E-state index in [0.717, 1.165) is 0 Å². The summed E-state index contributed by atoms with van der Waals surface area (Å²) in [6.07, 6.45) is 1.66. The number of rotatable bonds is 4. The lowest BCUT2D eigenvalue weighted by Crippen LogP contribution is -2.12. The van der Waals surface area contributed by atoms with Gasteiger partial charge >= 0.3 is 5.97 Å². The van der Waals surface area contributed by atoms with E-state index in [2.05, 4.69) is 0 Å². The largest absolute Gasteiger partial charge is 0.459 e. The molecule has 0 fully saturated rings. The number of nitrogens with zero attached hydrogens (tertiary/aromatic N) is 1. The highest BCUT2D eigenvalue weighted by atomic mass is 16.6. The third kappa shape index (κ3) is 2.50. The van der Waals surface area contributed by atoms with Crippen LogP contribution in [0, 0.1) is 0 Å². The van der Waals surface area contributed by atoms with Crippen LogP contribution in [0.15, 0.2) is 12.3 Å². The first-order valence-corrected chi connectivity index (χ1v) is 4.23. The van der Waals surface area contributed by atoms with Crippen molar-refractivity contribution < 1.29 is 14.3 Å². The predicted molar refractivity (Wildman–Crippen MR) is 52.0 cm³/mol. The molecule has 0 bridgehead atoms. The number of anilines is 1. The number of methoxy groups -OCH3 is 1. The van der Waals surface area contributed by atoms with Gasteiger partial charge in [0.15, 0.2) is 0 Å². The number of aryl methyl sites for hydroxylation is 1. The molecule has 1 rings (SSSR count). The lowest BCUT2D eigenvalue weighted by Gasteiger charge is -2.04. The molecule has 0 aromatic carbocycles. The summed E-state index contributed by atoms with van der Waals surface area (Å²) >= 11 is 0. The zero-order chi connectivity index (χ0) is 10.6. The van der Waals surface area contributed by atoms with E-state index in [-0.39, 0.29) is 12.6 Å². The molecular weight excluding hydrogens is 184 g/mol. The van der Waals surface area contributed by atoms with E-state index in [1.165, 1.54) is 0 Å². The molecule has 14 heavy (non-hydrogen) atoms. The zero-order valence-corrected chi connectivity index (χ0v) is 8.32. The van der Waals surface area contributed by atoms with Crippen molar-refractivity contribution in [3.05, 3.63) is 18.0 Å². The van der Waals surface area contributed by atoms with Gasteiger partial charge in [-0.05, 0) is 6.07 Å². The fourth-order valence-electron chi connectivity index (χ4n) is 1.08. The Balaban J connectivity index is 2.56. The monoisotopic (exact) mass is 198 g/mol. The SMILES string of the molecule is COCCOC(=O)c1cc(N)cn1C. The van der Waals surface area contributed by atoms with Crippen LogP contribution in [0.2, 0.25) is 0 Å². The second-order valence-corrected chi connectivity index (χ2v) is 2.90. The molecule has 5 heteroatoms. The quantitative estimate of drug-likeness (QED) is 0.562. The van der Waals surface area contributed by atoms with Gasteiger partial charge in [0, 0.05) is 20.4 Å². The van der Waals surface area contributed by atoms with Crippen LogP contribution in [0.25, 0.3) is 0 Å². The molecule has 0 spiro atoms. The van der Waals surface area contributed by atoms with Crippen LogP contribution >= 0.6 is 0 Å². The molecule has 1 aromatic rings. The third-order valence-corrected chi connectivity index (χ3v) is 1.76. The minimum Gasteiger partial charge on any atom is -0.459 e. The molecule has 0 aliphatic rings. The van der Waals surface area contributed by atoms with Crippen molar-refractivity contribution in [1.82, 2.24) is 4.57 Å². The van der Waals surface area contributed by atoms with E-state index in [1.54, 1.807) is 31.0 Å². The Morgan fingerprint density at radius 1 is 1.57 bits per heavy atom. The Morgan fingerprint density at radius 3 is 2.79 bits per heavy atom. The summed E-state index contributed by atoms with van der Waals surface area (Å²) in [7, 11) is 3.29. The van der Waals surface area contributed by atoms with Crippen molar-refractivity contribution in [3.63, 3.8) is 0 Å². The van der Waals surface area contributed by atoms with Crippen molar-refractivity contribution in [2.45, 2.75) is 0 Å². The molecule has 0 aliphatic carbocycles. The standard InChI is InChI=1S/C9H14N2O3/c1-11-6-7(10)5-8(11)9(12)14-4-3-13-2/h5-6H,3-4,10H2,1-2H3. The number of aromatic nitrogens is 1. The number of nitrogen functional groups attached to an aromatic ring is 1. The van der Waals surface area contributed by atoms with E-state index >= 15 is 0 Å². The van der Waals surface area contributed by atoms with Gasteiger partial charge in [-0.25, -0.2) is 4.79 Å². The van der Waals surface area contributed by atoms with E-state index < -0.39 is 0 Å². The molecule has 0 atom stereocenters. The van der Waals surface area contributed by atoms with E-state index in [9.17, 15) is 4.79 Å². The van der Waals surface area contributed by atoms with Crippen molar-refractivity contribution >= 4 is 11.7 Å². The number of carbonyl (C=O) groups is 1. The van der Waals surface area contributed by atoms with E-state index in [4.69, 9.17) is 15.2 Å². The molecular formula is C9H14N2O3. The maximum absolute atomic E-state index is 11.4. The second-order valence-electron chi connectivity index (χ2n) is 2.90. The number of hydrogen-bond acceptors (Lipinski definition) is 4. The Kier molecular flexibility index (Phi) is 3.53. The van der Waals surface area contributed by atoms with Crippen LogP contribution in [0.3, 0.4) is 0 Å². The number of nitrogens with two attached hydrogens (primary N) is 1. The molecule has 1 aromatic heterocycles. The van der Waals surface area contributed by atoms with Crippen molar-refractivity contribution in [1.29, 1.82) is 0 Å². The van der Waals surface area contributed by atoms with Crippen LogP contribution in [0.4, 0.5) is 5.69 Å². The second kappa shape index (κ2) is 4.66. The Bertz CT molecular complexity index is 320. The van der Waals surface area contributed by atoms with Crippen LogP contribution in [0.1, 0.15) is 10.5 Å². The van der Waals surface area contributed by atoms with Gasteiger partial charge in [-0.2, -0.15) is 0 Å². The molecule has 0 unspecified atom stereocenters. The minimum absolute atomic E-state index is 0.250. The van der Waals surface area contributed by atoms with Crippen LogP contribution in [0.5, 0.6) is 0 Å².